The molecule has 0 bridgehead atoms. The van der Waals surface area contributed by atoms with E-state index in [1.54, 1.807) is 31.4 Å². The fraction of sp³-hybridized carbons (Fsp3) is 0.250. The highest BCUT2D eigenvalue weighted by molar-refractivity contribution is 7.89. The van der Waals surface area contributed by atoms with Gasteiger partial charge >= 0.3 is 0 Å². The molecule has 1 unspecified atom stereocenters. The second-order valence-electron chi connectivity index (χ2n) is 5.34. The van der Waals surface area contributed by atoms with Gasteiger partial charge in [-0.15, -0.1) is 0 Å². The zero-order valence-electron chi connectivity index (χ0n) is 12.9. The predicted octanol–water partition coefficient (Wildman–Crippen LogP) is 2.68. The highest BCUT2D eigenvalue weighted by Crippen LogP contribution is 2.31. The van der Waals surface area contributed by atoms with Crippen LogP contribution in [0.4, 0.5) is 0 Å². The number of fused-ring (bicyclic) bond motifs is 1. The van der Waals surface area contributed by atoms with Gasteiger partial charge in [-0.25, -0.2) is 13.1 Å². The van der Waals surface area contributed by atoms with Gasteiger partial charge in [-0.05, 0) is 31.2 Å². The quantitative estimate of drug-likeness (QED) is 0.726. The maximum Gasteiger partial charge on any atom is 0.243 e. The van der Waals surface area contributed by atoms with Gasteiger partial charge in [0, 0.05) is 18.7 Å². The van der Waals surface area contributed by atoms with Crippen molar-refractivity contribution >= 4 is 20.9 Å². The maximum absolute atomic E-state index is 12.7. The molecule has 0 fully saturated rings. The number of aromatic amines is 1. The minimum Gasteiger partial charge on any atom is -0.496 e. The summed E-state index contributed by atoms with van der Waals surface area (Å²) >= 11 is 0. The molecule has 0 saturated carbocycles. The molecule has 6 nitrogen and oxygen atoms in total. The van der Waals surface area contributed by atoms with Gasteiger partial charge in [-0.3, -0.25) is 0 Å². The Labute approximate surface area is 134 Å². The molecule has 122 valence electrons. The smallest absolute Gasteiger partial charge is 0.243 e. The second-order valence-corrected chi connectivity index (χ2v) is 7.02. The van der Waals surface area contributed by atoms with Gasteiger partial charge < -0.3 is 14.1 Å². The lowest BCUT2D eigenvalue weighted by Crippen LogP contribution is -2.33. The number of methoxy groups -OCH3 is 1. The van der Waals surface area contributed by atoms with Crippen LogP contribution in [0, 0.1) is 0 Å². The highest BCUT2D eigenvalue weighted by Gasteiger charge is 2.23. The molecule has 1 atom stereocenters. The summed E-state index contributed by atoms with van der Waals surface area (Å²) in [5, 5.41) is 0.549. The number of sulfonamides is 1. The number of H-pyrrole nitrogens is 1. The first-order valence-electron chi connectivity index (χ1n) is 7.20. The molecule has 0 amide bonds. The molecule has 0 aliphatic carbocycles. The number of rotatable bonds is 6. The van der Waals surface area contributed by atoms with Crippen LogP contribution >= 0.6 is 0 Å². The third-order valence-corrected chi connectivity index (χ3v) is 5.20. The van der Waals surface area contributed by atoms with E-state index in [-0.39, 0.29) is 10.9 Å². The lowest BCUT2D eigenvalue weighted by atomic mass is 10.2. The van der Waals surface area contributed by atoms with Gasteiger partial charge in [-0.1, -0.05) is 6.07 Å². The number of hydrogen-bond acceptors (Lipinski definition) is 4. The summed E-state index contributed by atoms with van der Waals surface area (Å²) in [4.78, 5) is 3.15. The standard InChI is InChI=1S/C16H18N2O4S/c1-11(9-12-5-4-8-22-12)18-23(19,20)15-10-17-13-6-3-7-14(21-2)16(13)15/h3-8,10-11,17-18H,9H2,1-2H3. The summed E-state index contributed by atoms with van der Waals surface area (Å²) in [6.45, 7) is 1.80. The van der Waals surface area contributed by atoms with E-state index >= 15 is 0 Å². The van der Waals surface area contributed by atoms with Gasteiger partial charge in [0.25, 0.3) is 0 Å². The highest BCUT2D eigenvalue weighted by atomic mass is 32.2. The molecule has 0 aliphatic heterocycles. The van der Waals surface area contributed by atoms with Gasteiger partial charge in [0.05, 0.1) is 24.3 Å². The SMILES string of the molecule is COc1cccc2[nH]cc(S(=O)(=O)NC(C)Cc3ccco3)c12. The Bertz CT molecular complexity index is 897. The van der Waals surface area contributed by atoms with E-state index in [0.717, 1.165) is 5.76 Å². The lowest BCUT2D eigenvalue weighted by molar-refractivity contribution is 0.419. The van der Waals surface area contributed by atoms with Gasteiger partial charge in [0.15, 0.2) is 0 Å². The van der Waals surface area contributed by atoms with Crippen molar-refractivity contribution < 1.29 is 17.6 Å². The number of aromatic nitrogens is 1. The van der Waals surface area contributed by atoms with Crippen molar-refractivity contribution in [1.29, 1.82) is 0 Å². The van der Waals surface area contributed by atoms with E-state index < -0.39 is 10.0 Å². The molecule has 3 aromatic rings. The fourth-order valence-corrected chi connectivity index (χ4v) is 4.04. The number of ether oxygens (including phenoxy) is 1. The minimum atomic E-state index is -3.68. The second kappa shape index (κ2) is 6.10. The zero-order chi connectivity index (χ0) is 16.4. The van der Waals surface area contributed by atoms with Crippen LogP contribution in [0.3, 0.4) is 0 Å². The molecule has 1 aromatic carbocycles. The van der Waals surface area contributed by atoms with Crippen molar-refractivity contribution in [3.05, 3.63) is 48.6 Å². The molecule has 0 spiro atoms. The zero-order valence-corrected chi connectivity index (χ0v) is 13.7. The number of benzene rings is 1. The minimum absolute atomic E-state index is 0.177. The Kier molecular flexibility index (Phi) is 4.14. The summed E-state index contributed by atoms with van der Waals surface area (Å²) < 4.78 is 38.6. The van der Waals surface area contributed by atoms with Crippen molar-refractivity contribution in [2.24, 2.45) is 0 Å². The first kappa shape index (κ1) is 15.6. The number of nitrogens with one attached hydrogen (secondary N) is 2. The van der Waals surface area contributed by atoms with Crippen molar-refractivity contribution in [2.45, 2.75) is 24.3 Å². The largest absolute Gasteiger partial charge is 0.496 e. The van der Waals surface area contributed by atoms with Crippen LogP contribution < -0.4 is 9.46 Å². The first-order valence-corrected chi connectivity index (χ1v) is 8.68. The Hall–Kier alpha value is -2.25. The van der Waals surface area contributed by atoms with E-state index in [4.69, 9.17) is 9.15 Å². The average Bonchev–Trinajstić information content (AvgIpc) is 3.15. The van der Waals surface area contributed by atoms with Crippen molar-refractivity contribution in [2.75, 3.05) is 7.11 Å². The molecular formula is C16H18N2O4S. The van der Waals surface area contributed by atoms with Crippen LogP contribution in [-0.2, 0) is 16.4 Å². The predicted molar refractivity (Wildman–Crippen MR) is 87.0 cm³/mol. The first-order chi connectivity index (χ1) is 11.0. The van der Waals surface area contributed by atoms with Crippen LogP contribution in [0.25, 0.3) is 10.9 Å². The third kappa shape index (κ3) is 3.11. The van der Waals surface area contributed by atoms with E-state index in [9.17, 15) is 8.42 Å². The third-order valence-electron chi connectivity index (χ3n) is 3.58. The van der Waals surface area contributed by atoms with Gasteiger partial charge in [-0.2, -0.15) is 0 Å². The number of furan rings is 1. The van der Waals surface area contributed by atoms with Gasteiger partial charge in [0.1, 0.15) is 16.4 Å². The molecule has 3 rings (SSSR count). The van der Waals surface area contributed by atoms with E-state index in [0.29, 0.717) is 23.1 Å². The molecule has 2 aromatic heterocycles. The summed E-state index contributed by atoms with van der Waals surface area (Å²) in [5.74, 6) is 1.25. The van der Waals surface area contributed by atoms with E-state index in [1.807, 2.05) is 12.1 Å². The van der Waals surface area contributed by atoms with Crippen molar-refractivity contribution in [3.8, 4) is 5.75 Å². The van der Waals surface area contributed by atoms with Crippen molar-refractivity contribution in [3.63, 3.8) is 0 Å². The van der Waals surface area contributed by atoms with Crippen LogP contribution in [0.2, 0.25) is 0 Å². The molecule has 0 saturated heterocycles. The summed E-state index contributed by atoms with van der Waals surface area (Å²) in [6, 6.07) is 8.65. The Balaban J connectivity index is 1.90. The molecule has 2 N–H and O–H groups in total. The Morgan fingerprint density at radius 1 is 1.30 bits per heavy atom. The molecule has 7 heteroatoms. The van der Waals surface area contributed by atoms with E-state index in [2.05, 4.69) is 9.71 Å². The Morgan fingerprint density at radius 3 is 2.83 bits per heavy atom. The maximum atomic E-state index is 12.7. The summed E-state index contributed by atoms with van der Waals surface area (Å²) in [5.41, 5.74) is 0.711. The van der Waals surface area contributed by atoms with Crippen LogP contribution in [-0.4, -0.2) is 26.6 Å². The topological polar surface area (TPSA) is 84.3 Å². The van der Waals surface area contributed by atoms with Crippen LogP contribution in [0.15, 0.2) is 52.1 Å². The van der Waals surface area contributed by atoms with Crippen LogP contribution in [0.1, 0.15) is 12.7 Å². The van der Waals surface area contributed by atoms with Crippen LogP contribution in [0.5, 0.6) is 5.75 Å². The molecule has 0 aliphatic rings. The molecule has 2 heterocycles. The normalized spacial score (nSPS) is 13.3. The molecule has 0 radical (unpaired) electrons. The average molecular weight is 334 g/mol. The van der Waals surface area contributed by atoms with Crippen molar-refractivity contribution in [1.82, 2.24) is 9.71 Å². The Morgan fingerprint density at radius 2 is 2.13 bits per heavy atom. The van der Waals surface area contributed by atoms with E-state index in [1.165, 1.54) is 13.3 Å². The summed E-state index contributed by atoms with van der Waals surface area (Å²) in [6.07, 6.45) is 3.53. The fourth-order valence-electron chi connectivity index (χ4n) is 2.60. The monoisotopic (exact) mass is 334 g/mol. The lowest BCUT2D eigenvalue weighted by Gasteiger charge is -2.13. The molecule has 23 heavy (non-hydrogen) atoms. The van der Waals surface area contributed by atoms with Gasteiger partial charge in [0.2, 0.25) is 10.0 Å². The molecular weight excluding hydrogens is 316 g/mol. The summed E-state index contributed by atoms with van der Waals surface area (Å²) in [7, 11) is -2.16. The number of hydrogen-bond donors (Lipinski definition) is 2.